The number of carbonyl (C=O) groups is 1. The van der Waals surface area contributed by atoms with E-state index < -0.39 is 0 Å². The van der Waals surface area contributed by atoms with Crippen molar-refractivity contribution in [3.05, 3.63) is 12.2 Å². The van der Waals surface area contributed by atoms with Crippen LogP contribution in [0.2, 0.25) is 0 Å². The number of rotatable bonds is 2. The van der Waals surface area contributed by atoms with E-state index in [4.69, 9.17) is 0 Å². The molecule has 0 saturated carbocycles. The Morgan fingerprint density at radius 1 is 1.58 bits per heavy atom. The maximum atomic E-state index is 9.18. The molecule has 3 heteroatoms. The Labute approximate surface area is 73.8 Å². The van der Waals surface area contributed by atoms with E-state index in [1.54, 1.807) is 6.92 Å². The summed E-state index contributed by atoms with van der Waals surface area (Å²) in [5.41, 5.74) is 1.40. The van der Waals surface area contributed by atoms with Gasteiger partial charge in [0.2, 0.25) is 0 Å². The van der Waals surface area contributed by atoms with Gasteiger partial charge in [-0.2, -0.15) is 0 Å². The lowest BCUT2D eigenvalue weighted by Crippen LogP contribution is -2.22. The Hall–Kier alpha value is -0.830. The molecule has 0 aromatic carbocycles. The minimum Gasteiger partial charge on any atom is -0.468 e. The first kappa shape index (κ1) is 11.2. The molecule has 0 atom stereocenters. The summed E-state index contributed by atoms with van der Waals surface area (Å²) in [5.74, 6) is 0. The Bertz CT molecular complexity index is 126. The zero-order valence-corrected chi connectivity index (χ0v) is 7.64. The standard InChI is InChI=1S/C6H11N.C3H6O2/c1-6-2-4-7-5-3-6;1-2-5-3-4/h7H,1-5H2;3H,2H2,1H3. The van der Waals surface area contributed by atoms with Gasteiger partial charge in [-0.05, 0) is 32.9 Å². The van der Waals surface area contributed by atoms with Crippen molar-refractivity contribution in [2.24, 2.45) is 0 Å². The second-order valence-electron chi connectivity index (χ2n) is 2.55. The highest BCUT2D eigenvalue weighted by Gasteiger charge is 1.98. The molecule has 1 N–H and O–H groups in total. The van der Waals surface area contributed by atoms with Crippen LogP contribution in [0.15, 0.2) is 12.2 Å². The van der Waals surface area contributed by atoms with Gasteiger partial charge in [0.15, 0.2) is 0 Å². The lowest BCUT2D eigenvalue weighted by Gasteiger charge is -2.12. The van der Waals surface area contributed by atoms with Crippen molar-refractivity contribution < 1.29 is 9.53 Å². The minimum atomic E-state index is 0.431. The van der Waals surface area contributed by atoms with Gasteiger partial charge in [0.05, 0.1) is 6.61 Å². The summed E-state index contributed by atoms with van der Waals surface area (Å²) in [4.78, 5) is 9.18. The van der Waals surface area contributed by atoms with E-state index in [2.05, 4.69) is 16.6 Å². The molecule has 0 bridgehead atoms. The maximum absolute atomic E-state index is 9.18. The summed E-state index contributed by atoms with van der Waals surface area (Å²) < 4.78 is 4.15. The van der Waals surface area contributed by atoms with Crippen molar-refractivity contribution in [2.75, 3.05) is 19.7 Å². The minimum absolute atomic E-state index is 0.431. The van der Waals surface area contributed by atoms with Crippen molar-refractivity contribution in [3.8, 4) is 0 Å². The van der Waals surface area contributed by atoms with Crippen LogP contribution in [-0.4, -0.2) is 26.2 Å². The van der Waals surface area contributed by atoms with Crippen molar-refractivity contribution >= 4 is 6.47 Å². The van der Waals surface area contributed by atoms with Crippen LogP contribution in [0.1, 0.15) is 19.8 Å². The number of hydrogen-bond donors (Lipinski definition) is 1. The summed E-state index contributed by atoms with van der Waals surface area (Å²) in [6.45, 7) is 8.81. The molecular formula is C9H17NO2. The molecule has 12 heavy (non-hydrogen) atoms. The number of ether oxygens (including phenoxy) is 1. The summed E-state index contributed by atoms with van der Waals surface area (Å²) in [5, 5.41) is 3.25. The molecule has 0 amide bonds. The third-order valence-electron chi connectivity index (χ3n) is 1.55. The van der Waals surface area contributed by atoms with Gasteiger partial charge in [-0.25, -0.2) is 0 Å². The fourth-order valence-electron chi connectivity index (χ4n) is 0.848. The Morgan fingerprint density at radius 2 is 2.17 bits per heavy atom. The smallest absolute Gasteiger partial charge is 0.293 e. The molecule has 3 nitrogen and oxygen atoms in total. The molecule has 0 unspecified atom stereocenters. The molecule has 1 saturated heterocycles. The quantitative estimate of drug-likeness (QED) is 0.499. The van der Waals surface area contributed by atoms with Crippen LogP contribution in [-0.2, 0) is 9.53 Å². The Morgan fingerprint density at radius 3 is 2.33 bits per heavy atom. The largest absolute Gasteiger partial charge is 0.468 e. The molecule has 1 heterocycles. The maximum Gasteiger partial charge on any atom is 0.293 e. The van der Waals surface area contributed by atoms with Gasteiger partial charge >= 0.3 is 0 Å². The van der Waals surface area contributed by atoms with Crippen molar-refractivity contribution in [2.45, 2.75) is 19.8 Å². The second kappa shape index (κ2) is 8.27. The van der Waals surface area contributed by atoms with Crippen molar-refractivity contribution in [1.29, 1.82) is 0 Å². The van der Waals surface area contributed by atoms with Crippen LogP contribution < -0.4 is 5.32 Å². The van der Waals surface area contributed by atoms with Crippen LogP contribution in [0.3, 0.4) is 0 Å². The lowest BCUT2D eigenvalue weighted by molar-refractivity contribution is -0.128. The van der Waals surface area contributed by atoms with E-state index in [9.17, 15) is 4.79 Å². The molecule has 0 aromatic rings. The Kier molecular flexibility index (Phi) is 7.70. The average molecular weight is 171 g/mol. The first-order valence-electron chi connectivity index (χ1n) is 4.23. The van der Waals surface area contributed by atoms with Crippen LogP contribution >= 0.6 is 0 Å². The van der Waals surface area contributed by atoms with Crippen molar-refractivity contribution in [1.82, 2.24) is 5.32 Å². The molecule has 1 aliphatic heterocycles. The van der Waals surface area contributed by atoms with Crippen molar-refractivity contribution in [3.63, 3.8) is 0 Å². The molecule has 70 valence electrons. The fourth-order valence-corrected chi connectivity index (χ4v) is 0.848. The summed E-state index contributed by atoms with van der Waals surface area (Å²) >= 11 is 0. The van der Waals surface area contributed by atoms with E-state index in [1.165, 1.54) is 18.4 Å². The monoisotopic (exact) mass is 171 g/mol. The molecule has 0 aliphatic carbocycles. The van der Waals surface area contributed by atoms with Crippen LogP contribution in [0.5, 0.6) is 0 Å². The number of hydrogen-bond acceptors (Lipinski definition) is 3. The summed E-state index contributed by atoms with van der Waals surface area (Å²) in [6.07, 6.45) is 2.36. The third kappa shape index (κ3) is 7.28. The topological polar surface area (TPSA) is 38.3 Å². The highest BCUT2D eigenvalue weighted by atomic mass is 16.5. The van der Waals surface area contributed by atoms with Crippen LogP contribution in [0.25, 0.3) is 0 Å². The second-order valence-corrected chi connectivity index (χ2v) is 2.55. The lowest BCUT2D eigenvalue weighted by atomic mass is 10.1. The summed E-state index contributed by atoms with van der Waals surface area (Å²) in [7, 11) is 0. The molecular weight excluding hydrogens is 154 g/mol. The molecule has 1 rings (SSSR count). The highest BCUT2D eigenvalue weighted by Crippen LogP contribution is 2.04. The molecule has 0 aromatic heterocycles. The van der Waals surface area contributed by atoms with Crippen LogP contribution in [0, 0.1) is 0 Å². The molecule has 0 radical (unpaired) electrons. The molecule has 1 aliphatic rings. The first-order valence-corrected chi connectivity index (χ1v) is 4.23. The van der Waals surface area contributed by atoms with E-state index >= 15 is 0 Å². The van der Waals surface area contributed by atoms with Gasteiger partial charge in [0.25, 0.3) is 6.47 Å². The van der Waals surface area contributed by atoms with E-state index in [0.29, 0.717) is 13.1 Å². The fraction of sp³-hybridized carbons (Fsp3) is 0.667. The van der Waals surface area contributed by atoms with E-state index in [1.807, 2.05) is 0 Å². The average Bonchev–Trinajstić information content (AvgIpc) is 2.08. The SMILES string of the molecule is C=C1CCNCC1.CCOC=O. The van der Waals surface area contributed by atoms with Crippen LogP contribution in [0.4, 0.5) is 0 Å². The molecule has 1 fully saturated rings. The zero-order valence-electron chi connectivity index (χ0n) is 7.64. The zero-order chi connectivity index (χ0) is 9.23. The van der Waals surface area contributed by atoms with Gasteiger partial charge in [-0.1, -0.05) is 12.2 Å². The predicted molar refractivity (Wildman–Crippen MR) is 48.9 cm³/mol. The predicted octanol–water partition coefficient (Wildman–Crippen LogP) is 1.11. The molecule has 0 spiro atoms. The highest BCUT2D eigenvalue weighted by molar-refractivity contribution is 5.36. The Balaban J connectivity index is 0.000000217. The third-order valence-corrected chi connectivity index (χ3v) is 1.55. The summed E-state index contributed by atoms with van der Waals surface area (Å²) in [6, 6.07) is 0. The number of carbonyl (C=O) groups excluding carboxylic acids is 1. The normalized spacial score (nSPS) is 15.9. The van der Waals surface area contributed by atoms with E-state index in [-0.39, 0.29) is 0 Å². The van der Waals surface area contributed by atoms with E-state index in [0.717, 1.165) is 13.1 Å². The first-order chi connectivity index (χ1) is 5.81. The van der Waals surface area contributed by atoms with Gasteiger partial charge in [0, 0.05) is 0 Å². The number of piperidine rings is 1. The van der Waals surface area contributed by atoms with Gasteiger partial charge in [0.1, 0.15) is 0 Å². The van der Waals surface area contributed by atoms with Gasteiger partial charge in [-0.3, -0.25) is 4.79 Å². The van der Waals surface area contributed by atoms with Gasteiger partial charge < -0.3 is 10.1 Å². The number of nitrogens with one attached hydrogen (secondary N) is 1. The van der Waals surface area contributed by atoms with Gasteiger partial charge in [-0.15, -0.1) is 0 Å².